The summed E-state index contributed by atoms with van der Waals surface area (Å²) in [4.78, 5) is 46.9. The highest BCUT2D eigenvalue weighted by Crippen LogP contribution is 2.98. The Morgan fingerprint density at radius 1 is 0.956 bits per heavy atom. The molecule has 238 valence electrons. The van der Waals surface area contributed by atoms with E-state index in [1.807, 2.05) is 0 Å². The molecule has 45 heavy (non-hydrogen) atoms. The molecule has 6 aliphatic rings. The molecule has 2 saturated heterocycles. The summed E-state index contributed by atoms with van der Waals surface area (Å²) in [6.45, 7) is -5.03. The summed E-state index contributed by atoms with van der Waals surface area (Å²) in [7, 11) is -4.92. The van der Waals surface area contributed by atoms with Gasteiger partial charge in [0.25, 0.3) is 0 Å². The first-order valence-electron chi connectivity index (χ1n) is 13.6. The third-order valence-corrected chi connectivity index (χ3v) is 12.2. The lowest BCUT2D eigenvalue weighted by molar-refractivity contribution is -0.0613. The minimum atomic E-state index is -4.92. The second kappa shape index (κ2) is 8.97. The lowest BCUT2D eigenvalue weighted by Gasteiger charge is -2.30. The molecule has 4 aromatic rings. The average Bonchev–Trinajstić information content (AvgIpc) is 3.31. The summed E-state index contributed by atoms with van der Waals surface area (Å²) >= 11 is 5.35. The highest BCUT2D eigenvalue weighted by molar-refractivity contribution is 8.07. The minimum Gasteiger partial charge on any atom is -0.388 e. The number of anilines is 2. The number of imidazole rings is 2. The zero-order valence-corrected chi connectivity index (χ0v) is 25.2. The third-order valence-electron chi connectivity index (χ3n) is 9.71. The Morgan fingerprint density at radius 3 is 2.29 bits per heavy atom. The maximum Gasteiger partial charge on any atom is 0.472 e. The Hall–Kier alpha value is -2.78. The van der Waals surface area contributed by atoms with Gasteiger partial charge in [0, 0.05) is 11.3 Å². The summed E-state index contributed by atoms with van der Waals surface area (Å²) in [5.74, 6) is -0.533. The van der Waals surface area contributed by atoms with Crippen molar-refractivity contribution >= 4 is 60.3 Å². The molecule has 23 heteroatoms. The lowest BCUT2D eigenvalue weighted by atomic mass is 10.0. The van der Waals surface area contributed by atoms with Crippen LogP contribution in [0.2, 0.25) is 0 Å². The van der Waals surface area contributed by atoms with Crippen LogP contribution in [-0.2, 0) is 39.2 Å². The van der Waals surface area contributed by atoms with Crippen LogP contribution in [0.25, 0.3) is 22.3 Å². The first-order valence-corrected chi connectivity index (χ1v) is 17.7. The van der Waals surface area contributed by atoms with E-state index < -0.39 is 81.4 Å². The van der Waals surface area contributed by atoms with Crippen molar-refractivity contribution in [2.45, 2.75) is 42.3 Å². The summed E-state index contributed by atoms with van der Waals surface area (Å²) in [6.07, 6.45) is -1.60. The predicted octanol–water partition coefficient (Wildman–Crippen LogP) is -1.24. The van der Waals surface area contributed by atoms with Crippen molar-refractivity contribution in [1.29, 1.82) is 0 Å². The average molecular weight is 683 g/mol. The minimum absolute atomic E-state index is 0.0809. The number of phosphoric ester groups is 1. The number of phosphoric acid groups is 1. The van der Waals surface area contributed by atoms with Crippen LogP contribution < -0.4 is 11.5 Å². The van der Waals surface area contributed by atoms with Crippen LogP contribution >= 0.6 is 14.5 Å². The molecule has 4 aromatic heterocycles. The molecule has 6 fully saturated rings. The molecule has 0 aromatic carbocycles. The van der Waals surface area contributed by atoms with Gasteiger partial charge in [-0.1, -0.05) is 0 Å². The van der Waals surface area contributed by atoms with Gasteiger partial charge in [-0.25, -0.2) is 34.5 Å². The molecule has 8 N–H and O–H groups in total. The largest absolute Gasteiger partial charge is 0.472 e. The van der Waals surface area contributed by atoms with E-state index in [0.29, 0.717) is 11.2 Å². The molecule has 0 amide bonds. The number of hydrogen-bond acceptors (Lipinski definition) is 17. The molecule has 10 rings (SSSR count). The molecule has 2 spiro atoms. The van der Waals surface area contributed by atoms with Gasteiger partial charge in [-0.05, 0) is 17.7 Å². The van der Waals surface area contributed by atoms with Gasteiger partial charge in [0.15, 0.2) is 29.2 Å². The van der Waals surface area contributed by atoms with Gasteiger partial charge in [0.05, 0.1) is 31.9 Å². The Labute approximate surface area is 256 Å². The van der Waals surface area contributed by atoms with Gasteiger partial charge >= 0.3 is 14.5 Å². The van der Waals surface area contributed by atoms with Crippen molar-refractivity contribution in [1.82, 2.24) is 39.0 Å². The number of aliphatic hydroxyl groups excluding tert-OH is 2. The second-order valence-corrected chi connectivity index (χ2v) is 15.8. The Balaban J connectivity index is 1.07. The van der Waals surface area contributed by atoms with Crippen molar-refractivity contribution in [2.24, 2.45) is 17.3 Å². The van der Waals surface area contributed by atoms with Gasteiger partial charge in [-0.15, -0.1) is 0 Å². The molecule has 4 aliphatic carbocycles. The molecule has 12 atom stereocenters. The molecule has 3 unspecified atom stereocenters. The first kappa shape index (κ1) is 28.4. The van der Waals surface area contributed by atoms with Crippen LogP contribution in [0.5, 0.6) is 0 Å². The van der Waals surface area contributed by atoms with Crippen molar-refractivity contribution < 1.29 is 47.4 Å². The first-order chi connectivity index (χ1) is 21.4. The summed E-state index contributed by atoms with van der Waals surface area (Å²) in [5.41, 5.74) is 10.5. The van der Waals surface area contributed by atoms with Crippen LogP contribution in [0.4, 0.5) is 11.6 Å². The van der Waals surface area contributed by atoms with Crippen molar-refractivity contribution in [3.63, 3.8) is 0 Å². The summed E-state index contributed by atoms with van der Waals surface area (Å²) in [5, 5.41) is 22.8. The van der Waals surface area contributed by atoms with E-state index in [2.05, 4.69) is 29.9 Å². The number of ether oxygens (including phenoxy) is 1. The number of nitrogen functional groups attached to an aromatic ring is 2. The monoisotopic (exact) mass is 682 g/mol. The fourth-order valence-electron chi connectivity index (χ4n) is 7.81. The highest BCUT2D eigenvalue weighted by atomic mass is 32.5. The molecular formula is C22H24N10O10P2S. The van der Waals surface area contributed by atoms with E-state index in [1.54, 1.807) is 4.57 Å². The van der Waals surface area contributed by atoms with Gasteiger partial charge in [-0.3, -0.25) is 18.1 Å². The second-order valence-electron chi connectivity index (χ2n) is 11.7. The van der Waals surface area contributed by atoms with E-state index >= 15 is 0 Å². The Bertz CT molecular complexity index is 2020. The number of aliphatic hydroxyl groups is 2. The number of fused-ring (bicyclic) bond motifs is 5. The molecular weight excluding hydrogens is 658 g/mol. The Morgan fingerprint density at radius 2 is 1.60 bits per heavy atom. The van der Waals surface area contributed by atoms with E-state index in [0.717, 1.165) is 0 Å². The SMILES string of the molecule is Nc1ncnc2c1ncn2[C@@H]1[C@H]2C3[C@@]4(OP(O)(=S)OC[C@H]5O[C@@H](n6cnc7c(N)ncnc76)[C@H](OP(=O)(O)OC[C@@]324)[C@@H]5O)[C@H]1O. The fraction of sp³-hybridized carbons (Fsp3) is 0.545. The van der Waals surface area contributed by atoms with Gasteiger partial charge in [0.1, 0.15) is 53.7 Å². The molecule has 4 bridgehead atoms. The maximum atomic E-state index is 13.4. The molecule has 20 nitrogen and oxygen atoms in total. The molecule has 4 saturated carbocycles. The highest BCUT2D eigenvalue weighted by Gasteiger charge is 3.06. The molecule has 2 aliphatic heterocycles. The lowest BCUT2D eigenvalue weighted by Crippen LogP contribution is -2.37. The van der Waals surface area contributed by atoms with Crippen LogP contribution in [0.15, 0.2) is 25.3 Å². The topological polar surface area (TPSA) is 283 Å². The summed E-state index contributed by atoms with van der Waals surface area (Å²) in [6, 6.07) is -0.686. The molecule has 6 heterocycles. The normalized spacial score (nSPS) is 45.4. The predicted molar refractivity (Wildman–Crippen MR) is 151 cm³/mol. The number of rotatable bonds is 2. The van der Waals surface area contributed by atoms with E-state index in [1.165, 1.54) is 29.9 Å². The number of nitrogens with two attached hydrogens (primary N) is 2. The van der Waals surface area contributed by atoms with Crippen molar-refractivity contribution in [3.05, 3.63) is 25.3 Å². The number of hydrogen-bond donors (Lipinski definition) is 6. The molecule has 0 radical (unpaired) electrons. The van der Waals surface area contributed by atoms with E-state index in [-0.39, 0.29) is 28.7 Å². The summed E-state index contributed by atoms with van der Waals surface area (Å²) < 4.78 is 45.2. The fourth-order valence-corrected chi connectivity index (χ4v) is 10.5. The maximum absolute atomic E-state index is 13.4. The number of nitrogens with zero attached hydrogens (tertiary/aromatic N) is 8. The van der Waals surface area contributed by atoms with Crippen LogP contribution in [0.1, 0.15) is 12.3 Å². The Kier molecular flexibility index (Phi) is 5.67. The van der Waals surface area contributed by atoms with Crippen molar-refractivity contribution in [2.75, 3.05) is 24.7 Å². The van der Waals surface area contributed by atoms with Gasteiger partial charge in [-0.2, -0.15) is 0 Å². The van der Waals surface area contributed by atoms with Gasteiger partial charge < -0.3 is 45.3 Å². The standard InChI is InChI=1S/C22H24N10O10P2S/c23-16-9-18(27-3-25-16)31(5-29-9)11-8-14-21(8)2-39-43(35,36)41-13-12(33)7(1-38-44(37,45)42-22(14,21)15(11)34)40-20(13)32-6-30-10-17(24)26-4-28-19(10)32/h3-8,11-15,20,33-34H,1-2H2,(H,35,36)(H,37,45)(H2,23,25,27)(H2,24,26,28)/t7-,8+,11-,12-,13-,14?,15+,20-,21+,22-,44?/m1/s1. The van der Waals surface area contributed by atoms with Crippen LogP contribution in [0.3, 0.4) is 0 Å². The zero-order chi connectivity index (χ0) is 31.3. The van der Waals surface area contributed by atoms with Crippen LogP contribution in [-0.4, -0.2) is 102 Å². The van der Waals surface area contributed by atoms with E-state index in [4.69, 9.17) is 46.1 Å². The third kappa shape index (κ3) is 3.63. The van der Waals surface area contributed by atoms with Gasteiger partial charge in [0.2, 0.25) is 0 Å². The van der Waals surface area contributed by atoms with Crippen LogP contribution in [0, 0.1) is 17.3 Å². The van der Waals surface area contributed by atoms with Crippen molar-refractivity contribution in [3.8, 4) is 0 Å². The smallest absolute Gasteiger partial charge is 0.388 e. The zero-order valence-electron chi connectivity index (χ0n) is 22.6. The quantitative estimate of drug-likeness (QED) is 0.135. The van der Waals surface area contributed by atoms with E-state index in [9.17, 15) is 24.6 Å². The number of aromatic nitrogens is 8.